The van der Waals surface area contributed by atoms with Crippen LogP contribution in [0.5, 0.6) is 0 Å². The van der Waals surface area contributed by atoms with Crippen LogP contribution in [-0.4, -0.2) is 36.1 Å². The van der Waals surface area contributed by atoms with Crippen molar-refractivity contribution in [3.63, 3.8) is 0 Å². The van der Waals surface area contributed by atoms with E-state index in [1.54, 1.807) is 31.4 Å². The van der Waals surface area contributed by atoms with Crippen LogP contribution >= 0.6 is 0 Å². The molecule has 0 fully saturated rings. The van der Waals surface area contributed by atoms with Gasteiger partial charge in [-0.1, -0.05) is 12.1 Å². The van der Waals surface area contributed by atoms with Gasteiger partial charge in [0.05, 0.1) is 4.90 Å². The fourth-order valence-corrected chi connectivity index (χ4v) is 3.57. The molecule has 0 atom stereocenters. The highest BCUT2D eigenvalue weighted by molar-refractivity contribution is 7.93. The number of aromatic nitrogens is 3. The summed E-state index contributed by atoms with van der Waals surface area (Å²) >= 11 is 0. The van der Waals surface area contributed by atoms with Crippen LogP contribution in [0.2, 0.25) is 0 Å². The lowest BCUT2D eigenvalue weighted by Gasteiger charge is -2.08. The van der Waals surface area contributed by atoms with Gasteiger partial charge in [-0.05, 0) is 17.5 Å². The molecule has 0 aliphatic carbocycles. The number of aryl methyl sites for hydroxylation is 1. The van der Waals surface area contributed by atoms with Crippen molar-refractivity contribution in [2.45, 2.75) is 4.90 Å². The molecule has 0 aliphatic heterocycles. The fourth-order valence-electron chi connectivity index (χ4n) is 2.37. The van der Waals surface area contributed by atoms with Gasteiger partial charge in [-0.3, -0.25) is 19.2 Å². The summed E-state index contributed by atoms with van der Waals surface area (Å²) in [7, 11) is -0.825. The summed E-state index contributed by atoms with van der Waals surface area (Å²) in [4.78, 5) is 15.8. The van der Waals surface area contributed by atoms with Crippen molar-refractivity contribution < 1.29 is 13.2 Å². The second-order valence-corrected chi connectivity index (χ2v) is 6.73. The molecular formula is C15H15N5O3S. The first-order valence-corrected chi connectivity index (χ1v) is 8.52. The third-order valence-corrected chi connectivity index (χ3v) is 4.92. The van der Waals surface area contributed by atoms with E-state index >= 15 is 0 Å². The number of hydrogen-bond donors (Lipinski definition) is 2. The topological polar surface area (TPSA) is 106 Å². The van der Waals surface area contributed by atoms with Crippen LogP contribution in [0, 0.1) is 0 Å². The first-order valence-electron chi connectivity index (χ1n) is 7.04. The molecule has 0 aliphatic rings. The van der Waals surface area contributed by atoms with Gasteiger partial charge in [-0.2, -0.15) is 5.10 Å². The van der Waals surface area contributed by atoms with Crippen LogP contribution in [0.1, 0.15) is 10.5 Å². The van der Waals surface area contributed by atoms with Crippen LogP contribution in [-0.2, 0) is 17.1 Å². The zero-order chi connectivity index (χ0) is 17.3. The molecule has 0 saturated carbocycles. The van der Waals surface area contributed by atoms with E-state index in [1.807, 2.05) is 0 Å². The minimum Gasteiger partial charge on any atom is -0.354 e. The predicted molar refractivity (Wildman–Crippen MR) is 89.1 cm³/mol. The SMILES string of the molecule is CNC(=O)c1cc(NS(=O)(=O)c2cccc3ccncc23)nn1C. The maximum Gasteiger partial charge on any atom is 0.269 e. The quantitative estimate of drug-likeness (QED) is 0.737. The van der Waals surface area contributed by atoms with Crippen LogP contribution < -0.4 is 10.0 Å². The average Bonchev–Trinajstić information content (AvgIpc) is 2.93. The van der Waals surface area contributed by atoms with Gasteiger partial charge >= 0.3 is 0 Å². The Kier molecular flexibility index (Phi) is 3.94. The van der Waals surface area contributed by atoms with Crippen molar-refractivity contribution in [1.82, 2.24) is 20.1 Å². The van der Waals surface area contributed by atoms with E-state index in [1.165, 1.54) is 30.1 Å². The third-order valence-electron chi connectivity index (χ3n) is 3.51. The molecule has 0 saturated heterocycles. The number of pyridine rings is 1. The molecular weight excluding hydrogens is 330 g/mol. The molecule has 8 nitrogen and oxygen atoms in total. The number of benzene rings is 1. The minimum absolute atomic E-state index is 0.0667. The van der Waals surface area contributed by atoms with E-state index in [0.717, 1.165) is 5.39 Å². The number of hydrogen-bond acceptors (Lipinski definition) is 5. The van der Waals surface area contributed by atoms with Crippen LogP contribution in [0.4, 0.5) is 5.82 Å². The van der Waals surface area contributed by atoms with Crippen LogP contribution in [0.25, 0.3) is 10.8 Å². The number of carbonyl (C=O) groups excluding carboxylic acids is 1. The zero-order valence-electron chi connectivity index (χ0n) is 13.0. The smallest absolute Gasteiger partial charge is 0.269 e. The summed E-state index contributed by atoms with van der Waals surface area (Å²) in [5.41, 5.74) is 0.245. The van der Waals surface area contributed by atoms with E-state index < -0.39 is 10.0 Å². The molecule has 2 heterocycles. The summed E-state index contributed by atoms with van der Waals surface area (Å²) < 4.78 is 29.1. The lowest BCUT2D eigenvalue weighted by molar-refractivity contribution is 0.0954. The van der Waals surface area contributed by atoms with Gasteiger partial charge < -0.3 is 5.32 Å². The molecule has 0 bridgehead atoms. The van der Waals surface area contributed by atoms with Crippen molar-refractivity contribution in [2.75, 3.05) is 11.8 Å². The Hall–Kier alpha value is -2.94. The molecule has 1 aromatic carbocycles. The van der Waals surface area contributed by atoms with Crippen molar-refractivity contribution >= 4 is 32.5 Å². The zero-order valence-corrected chi connectivity index (χ0v) is 13.8. The van der Waals surface area contributed by atoms with E-state index in [2.05, 4.69) is 20.1 Å². The van der Waals surface area contributed by atoms with Crippen LogP contribution in [0.3, 0.4) is 0 Å². The van der Waals surface area contributed by atoms with Gasteiger partial charge in [-0.25, -0.2) is 8.42 Å². The number of carbonyl (C=O) groups is 1. The standard InChI is InChI=1S/C15H15N5O3S/c1-16-15(21)12-8-14(18-20(12)2)19-24(22,23)13-5-3-4-10-6-7-17-9-11(10)13/h3-9H,1-2H3,(H,16,21)(H,18,19). The lowest BCUT2D eigenvalue weighted by atomic mass is 10.2. The number of sulfonamides is 1. The molecule has 9 heteroatoms. The summed E-state index contributed by atoms with van der Waals surface area (Å²) in [6, 6.07) is 8.07. The Morgan fingerprint density at radius 3 is 2.79 bits per heavy atom. The summed E-state index contributed by atoms with van der Waals surface area (Å²) in [5.74, 6) is -0.290. The van der Waals surface area contributed by atoms with Gasteiger partial charge in [0, 0.05) is 37.9 Å². The number of amides is 1. The minimum atomic E-state index is -3.87. The van der Waals surface area contributed by atoms with Crippen molar-refractivity contribution in [1.29, 1.82) is 0 Å². The van der Waals surface area contributed by atoms with Crippen molar-refractivity contribution in [2.24, 2.45) is 7.05 Å². The Bertz CT molecular complexity index is 1020. The number of anilines is 1. The second-order valence-electron chi connectivity index (χ2n) is 5.08. The Balaban J connectivity index is 2.01. The Morgan fingerprint density at radius 1 is 1.25 bits per heavy atom. The molecule has 0 spiro atoms. The van der Waals surface area contributed by atoms with Crippen molar-refractivity contribution in [3.8, 4) is 0 Å². The first-order chi connectivity index (χ1) is 11.4. The highest BCUT2D eigenvalue weighted by atomic mass is 32.2. The van der Waals surface area contributed by atoms with Crippen molar-refractivity contribution in [3.05, 3.63) is 48.4 Å². The van der Waals surface area contributed by atoms with Gasteiger partial charge in [-0.15, -0.1) is 0 Å². The third kappa shape index (κ3) is 2.81. The Morgan fingerprint density at radius 2 is 2.04 bits per heavy atom. The van der Waals surface area contributed by atoms with Gasteiger partial charge in [0.2, 0.25) is 0 Å². The summed E-state index contributed by atoms with van der Waals surface area (Å²) in [6.45, 7) is 0. The molecule has 3 aromatic rings. The fraction of sp³-hybridized carbons (Fsp3) is 0.133. The number of nitrogens with zero attached hydrogens (tertiary/aromatic N) is 3. The first kappa shape index (κ1) is 15.9. The molecule has 0 radical (unpaired) electrons. The maximum absolute atomic E-state index is 12.7. The second kappa shape index (κ2) is 5.93. The van der Waals surface area contributed by atoms with E-state index in [4.69, 9.17) is 0 Å². The van der Waals surface area contributed by atoms with Gasteiger partial charge in [0.25, 0.3) is 15.9 Å². The van der Waals surface area contributed by atoms with E-state index in [-0.39, 0.29) is 22.3 Å². The molecule has 2 N–H and O–H groups in total. The lowest BCUT2D eigenvalue weighted by Crippen LogP contribution is -2.20. The number of fused-ring (bicyclic) bond motifs is 1. The molecule has 1 amide bonds. The number of rotatable bonds is 4. The van der Waals surface area contributed by atoms with E-state index in [9.17, 15) is 13.2 Å². The normalized spacial score (nSPS) is 11.4. The highest BCUT2D eigenvalue weighted by Gasteiger charge is 2.20. The molecule has 3 rings (SSSR count). The largest absolute Gasteiger partial charge is 0.354 e. The monoisotopic (exact) mass is 345 g/mol. The van der Waals surface area contributed by atoms with Gasteiger partial charge in [0.1, 0.15) is 5.69 Å². The van der Waals surface area contributed by atoms with E-state index in [0.29, 0.717) is 5.39 Å². The molecule has 24 heavy (non-hydrogen) atoms. The predicted octanol–water partition coefficient (Wildman–Crippen LogP) is 1.13. The van der Waals surface area contributed by atoms with Crippen LogP contribution in [0.15, 0.2) is 47.6 Å². The molecule has 0 unspecified atom stereocenters. The average molecular weight is 345 g/mol. The molecule has 124 valence electrons. The summed E-state index contributed by atoms with van der Waals surface area (Å²) in [6.07, 6.45) is 3.10. The number of nitrogens with one attached hydrogen (secondary N) is 2. The van der Waals surface area contributed by atoms with Gasteiger partial charge in [0.15, 0.2) is 5.82 Å². The Labute approximate surface area is 138 Å². The highest BCUT2D eigenvalue weighted by Crippen LogP contribution is 2.24. The maximum atomic E-state index is 12.7. The molecule has 2 aromatic heterocycles. The summed E-state index contributed by atoms with van der Waals surface area (Å²) in [5, 5.41) is 7.76.